The molecule has 0 radical (unpaired) electrons. The zero-order chi connectivity index (χ0) is 7.68. The molecule has 2 heteroatoms. The maximum Gasteiger partial charge on any atom is 0.0710 e. The summed E-state index contributed by atoms with van der Waals surface area (Å²) in [6.45, 7) is 0. The van der Waals surface area contributed by atoms with Gasteiger partial charge >= 0.3 is 0 Å². The summed E-state index contributed by atoms with van der Waals surface area (Å²) < 4.78 is 0. The average molecular weight is 161 g/mol. The third kappa shape index (κ3) is 1.10. The Bertz CT molecular complexity index is 328. The molecule has 1 aliphatic rings. The van der Waals surface area contributed by atoms with Crippen LogP contribution in [-0.2, 0) is 0 Å². The number of thiocarbonyl (C=S) groups is 1. The van der Waals surface area contributed by atoms with Gasteiger partial charge in [0.1, 0.15) is 0 Å². The standard InChI is InChI=1S/C9H7NS/c11-9-5-1-4-8-7(9)3-2-6-10-8/h1-4,6H,5H2. The summed E-state index contributed by atoms with van der Waals surface area (Å²) in [5, 5.41) is 0. The lowest BCUT2D eigenvalue weighted by Crippen LogP contribution is -2.03. The first-order chi connectivity index (χ1) is 5.38. The van der Waals surface area contributed by atoms with E-state index in [2.05, 4.69) is 11.1 Å². The van der Waals surface area contributed by atoms with Crippen LogP contribution in [0.25, 0.3) is 6.08 Å². The van der Waals surface area contributed by atoms with Crippen molar-refractivity contribution in [2.75, 3.05) is 0 Å². The van der Waals surface area contributed by atoms with Gasteiger partial charge in [0.2, 0.25) is 0 Å². The number of hydrogen-bond donors (Lipinski definition) is 0. The average Bonchev–Trinajstić information content (AvgIpc) is 2.06. The Balaban J connectivity index is 2.63. The van der Waals surface area contributed by atoms with Gasteiger partial charge in [0.15, 0.2) is 0 Å². The zero-order valence-corrected chi connectivity index (χ0v) is 6.77. The minimum Gasteiger partial charge on any atom is -0.256 e. The van der Waals surface area contributed by atoms with Gasteiger partial charge in [-0.05, 0) is 12.1 Å². The van der Waals surface area contributed by atoms with Crippen molar-refractivity contribution >= 4 is 23.2 Å². The number of fused-ring (bicyclic) bond motifs is 1. The SMILES string of the molecule is S=C1CC=Cc2ncccc21. The quantitative estimate of drug-likeness (QED) is 0.541. The third-order valence-corrected chi connectivity index (χ3v) is 2.10. The minimum atomic E-state index is 0.883. The fourth-order valence-corrected chi connectivity index (χ4v) is 1.44. The van der Waals surface area contributed by atoms with Crippen molar-refractivity contribution in [1.29, 1.82) is 0 Å². The molecule has 0 N–H and O–H groups in total. The highest BCUT2D eigenvalue weighted by molar-refractivity contribution is 7.80. The minimum absolute atomic E-state index is 0.883. The van der Waals surface area contributed by atoms with Crippen LogP contribution >= 0.6 is 12.2 Å². The Kier molecular flexibility index (Phi) is 1.55. The van der Waals surface area contributed by atoms with Crippen molar-refractivity contribution in [3.63, 3.8) is 0 Å². The van der Waals surface area contributed by atoms with E-state index in [4.69, 9.17) is 12.2 Å². The molecule has 0 spiro atoms. The molecule has 0 unspecified atom stereocenters. The van der Waals surface area contributed by atoms with Crippen LogP contribution in [-0.4, -0.2) is 9.85 Å². The van der Waals surface area contributed by atoms with Gasteiger partial charge < -0.3 is 0 Å². The van der Waals surface area contributed by atoms with Crippen LogP contribution in [0, 0.1) is 0 Å². The highest BCUT2D eigenvalue weighted by atomic mass is 32.1. The second-order valence-electron chi connectivity index (χ2n) is 2.47. The summed E-state index contributed by atoms with van der Waals surface area (Å²) in [6, 6.07) is 3.94. The molecule has 0 amide bonds. The lowest BCUT2D eigenvalue weighted by atomic mass is 10.0. The molecule has 1 aromatic rings. The van der Waals surface area contributed by atoms with Crippen molar-refractivity contribution in [3.8, 4) is 0 Å². The number of hydrogen-bond acceptors (Lipinski definition) is 2. The molecule has 1 heterocycles. The normalized spacial score (nSPS) is 14.7. The largest absolute Gasteiger partial charge is 0.256 e. The molecule has 2 rings (SSSR count). The van der Waals surface area contributed by atoms with E-state index in [1.807, 2.05) is 18.2 Å². The van der Waals surface area contributed by atoms with Crippen LogP contribution in [0.2, 0.25) is 0 Å². The summed E-state index contributed by atoms with van der Waals surface area (Å²) in [5.74, 6) is 0. The highest BCUT2D eigenvalue weighted by Gasteiger charge is 2.08. The van der Waals surface area contributed by atoms with Gasteiger partial charge in [-0.1, -0.05) is 24.4 Å². The highest BCUT2D eigenvalue weighted by Crippen LogP contribution is 2.16. The molecule has 0 atom stereocenters. The fourth-order valence-electron chi connectivity index (χ4n) is 1.17. The van der Waals surface area contributed by atoms with Crippen molar-refractivity contribution in [1.82, 2.24) is 4.98 Å². The molecule has 1 aliphatic carbocycles. The van der Waals surface area contributed by atoms with Gasteiger partial charge in [0.05, 0.1) is 5.69 Å². The molecular weight excluding hydrogens is 154 g/mol. The molecule has 1 aromatic heterocycles. The summed E-state index contributed by atoms with van der Waals surface area (Å²) in [6.07, 6.45) is 6.74. The number of aromatic nitrogens is 1. The Morgan fingerprint density at radius 3 is 3.18 bits per heavy atom. The Hall–Kier alpha value is -1.02. The van der Waals surface area contributed by atoms with Gasteiger partial charge in [-0.2, -0.15) is 0 Å². The van der Waals surface area contributed by atoms with Crippen LogP contribution in [0.15, 0.2) is 24.4 Å². The maximum absolute atomic E-state index is 5.17. The smallest absolute Gasteiger partial charge is 0.0710 e. The number of nitrogens with zero attached hydrogens (tertiary/aromatic N) is 1. The Morgan fingerprint density at radius 1 is 1.45 bits per heavy atom. The lowest BCUT2D eigenvalue weighted by Gasteiger charge is -2.08. The van der Waals surface area contributed by atoms with E-state index in [0.717, 1.165) is 22.5 Å². The molecule has 1 nitrogen and oxygen atoms in total. The van der Waals surface area contributed by atoms with E-state index in [0.29, 0.717) is 0 Å². The number of allylic oxidation sites excluding steroid dienone is 1. The van der Waals surface area contributed by atoms with Gasteiger partial charge in [-0.15, -0.1) is 0 Å². The molecule has 0 saturated heterocycles. The Morgan fingerprint density at radius 2 is 2.36 bits per heavy atom. The van der Waals surface area contributed by atoms with E-state index in [-0.39, 0.29) is 0 Å². The molecule has 0 fully saturated rings. The first-order valence-corrected chi connectivity index (χ1v) is 3.93. The van der Waals surface area contributed by atoms with Gasteiger partial charge in [-0.25, -0.2) is 0 Å². The molecular formula is C9H7NS. The van der Waals surface area contributed by atoms with Crippen LogP contribution in [0.3, 0.4) is 0 Å². The maximum atomic E-state index is 5.17. The van der Waals surface area contributed by atoms with Crippen molar-refractivity contribution in [3.05, 3.63) is 35.7 Å². The third-order valence-electron chi connectivity index (χ3n) is 1.72. The van der Waals surface area contributed by atoms with E-state index in [1.54, 1.807) is 6.20 Å². The molecule has 11 heavy (non-hydrogen) atoms. The second kappa shape index (κ2) is 2.55. The molecule has 0 bridgehead atoms. The molecule has 0 aromatic carbocycles. The Labute approximate surface area is 70.8 Å². The summed E-state index contributed by atoms with van der Waals surface area (Å²) >= 11 is 5.17. The van der Waals surface area contributed by atoms with E-state index >= 15 is 0 Å². The topological polar surface area (TPSA) is 12.9 Å². The summed E-state index contributed by atoms with van der Waals surface area (Å²) in [4.78, 5) is 5.19. The van der Waals surface area contributed by atoms with E-state index in [1.165, 1.54) is 0 Å². The van der Waals surface area contributed by atoms with Crippen LogP contribution in [0.1, 0.15) is 17.7 Å². The van der Waals surface area contributed by atoms with Crippen LogP contribution < -0.4 is 0 Å². The first-order valence-electron chi connectivity index (χ1n) is 3.53. The van der Waals surface area contributed by atoms with Crippen molar-refractivity contribution < 1.29 is 0 Å². The van der Waals surface area contributed by atoms with Gasteiger partial charge in [0.25, 0.3) is 0 Å². The van der Waals surface area contributed by atoms with Crippen molar-refractivity contribution in [2.24, 2.45) is 0 Å². The molecule has 0 saturated carbocycles. The molecule has 0 aliphatic heterocycles. The fraction of sp³-hybridized carbons (Fsp3) is 0.111. The monoisotopic (exact) mass is 161 g/mol. The van der Waals surface area contributed by atoms with Crippen LogP contribution in [0.4, 0.5) is 0 Å². The van der Waals surface area contributed by atoms with Gasteiger partial charge in [0, 0.05) is 23.0 Å². The lowest BCUT2D eigenvalue weighted by molar-refractivity contribution is 1.26. The number of pyridine rings is 1. The predicted octanol–water partition coefficient (Wildman–Crippen LogP) is 2.22. The number of rotatable bonds is 0. The summed E-state index contributed by atoms with van der Waals surface area (Å²) in [7, 11) is 0. The summed E-state index contributed by atoms with van der Waals surface area (Å²) in [5.41, 5.74) is 2.12. The van der Waals surface area contributed by atoms with E-state index in [9.17, 15) is 0 Å². The van der Waals surface area contributed by atoms with Crippen molar-refractivity contribution in [2.45, 2.75) is 6.42 Å². The first kappa shape index (κ1) is 6.68. The van der Waals surface area contributed by atoms with Gasteiger partial charge in [-0.3, -0.25) is 4.98 Å². The predicted molar refractivity (Wildman–Crippen MR) is 49.6 cm³/mol. The van der Waals surface area contributed by atoms with Crippen LogP contribution in [0.5, 0.6) is 0 Å². The zero-order valence-electron chi connectivity index (χ0n) is 5.95. The second-order valence-corrected chi connectivity index (χ2v) is 2.96. The van der Waals surface area contributed by atoms with E-state index < -0.39 is 0 Å². The molecule has 54 valence electrons.